The topological polar surface area (TPSA) is 47.0 Å². The fourth-order valence-corrected chi connectivity index (χ4v) is 2.37. The van der Waals surface area contributed by atoms with Gasteiger partial charge in [-0.3, -0.25) is 0 Å². The highest BCUT2D eigenvalue weighted by Crippen LogP contribution is 2.22. The normalized spacial score (nSPS) is 17.2. The average molecular weight is 249 g/mol. The molecule has 0 atom stereocenters. The van der Waals surface area contributed by atoms with Crippen molar-refractivity contribution in [2.75, 3.05) is 11.9 Å². The summed E-state index contributed by atoms with van der Waals surface area (Å²) in [6, 6.07) is 1.92. The molecule has 4 heteroatoms. The number of hydrogen-bond donors (Lipinski definition) is 1. The van der Waals surface area contributed by atoms with Gasteiger partial charge in [0.2, 0.25) is 11.8 Å². The molecule has 18 heavy (non-hydrogen) atoms. The van der Waals surface area contributed by atoms with Crippen molar-refractivity contribution in [1.29, 1.82) is 0 Å². The zero-order valence-corrected chi connectivity index (χ0v) is 11.4. The summed E-state index contributed by atoms with van der Waals surface area (Å²) in [6.07, 6.45) is 7.86. The van der Waals surface area contributed by atoms with Crippen molar-refractivity contribution < 1.29 is 4.74 Å². The second-order valence-electron chi connectivity index (χ2n) is 4.93. The third-order valence-corrected chi connectivity index (χ3v) is 3.26. The van der Waals surface area contributed by atoms with Crippen LogP contribution in [-0.2, 0) is 0 Å². The van der Waals surface area contributed by atoms with E-state index in [4.69, 9.17) is 4.74 Å². The van der Waals surface area contributed by atoms with Crippen LogP contribution in [0.4, 0.5) is 5.95 Å². The van der Waals surface area contributed by atoms with Crippen LogP contribution >= 0.6 is 0 Å². The number of anilines is 1. The zero-order valence-electron chi connectivity index (χ0n) is 11.4. The van der Waals surface area contributed by atoms with Gasteiger partial charge in [-0.1, -0.05) is 12.8 Å². The molecule has 1 aromatic heterocycles. The van der Waals surface area contributed by atoms with Crippen molar-refractivity contribution in [3.05, 3.63) is 11.8 Å². The van der Waals surface area contributed by atoms with Crippen LogP contribution in [0.2, 0.25) is 0 Å². The molecule has 0 aliphatic heterocycles. The Kier molecular flexibility index (Phi) is 4.79. The number of nitrogens with one attached hydrogen (secondary N) is 1. The van der Waals surface area contributed by atoms with E-state index in [9.17, 15) is 0 Å². The molecule has 1 N–H and O–H groups in total. The lowest BCUT2D eigenvalue weighted by Crippen LogP contribution is -2.16. The molecule has 0 bridgehead atoms. The fraction of sp³-hybridized carbons (Fsp3) is 0.714. The maximum Gasteiger partial charge on any atom is 0.226 e. The molecule has 4 nitrogen and oxygen atoms in total. The summed E-state index contributed by atoms with van der Waals surface area (Å²) < 4.78 is 6.01. The van der Waals surface area contributed by atoms with Crippen molar-refractivity contribution >= 4 is 5.95 Å². The Hall–Kier alpha value is -1.32. The van der Waals surface area contributed by atoms with Crippen molar-refractivity contribution in [2.24, 2.45) is 0 Å². The molecular formula is C14H23N3O. The van der Waals surface area contributed by atoms with Crippen LogP contribution in [0.25, 0.3) is 0 Å². The van der Waals surface area contributed by atoms with Crippen molar-refractivity contribution in [3.63, 3.8) is 0 Å². The van der Waals surface area contributed by atoms with Crippen LogP contribution in [0.3, 0.4) is 0 Å². The molecule has 1 heterocycles. The minimum atomic E-state index is 0.330. The molecule has 1 fully saturated rings. The highest BCUT2D eigenvalue weighted by Gasteiger charge is 2.15. The Labute approximate surface area is 109 Å². The van der Waals surface area contributed by atoms with Gasteiger partial charge in [0, 0.05) is 18.3 Å². The molecule has 0 spiro atoms. The smallest absolute Gasteiger partial charge is 0.226 e. The molecule has 1 saturated carbocycles. The molecule has 0 unspecified atom stereocenters. The minimum Gasteiger partial charge on any atom is -0.474 e. The molecule has 1 aliphatic carbocycles. The van der Waals surface area contributed by atoms with Gasteiger partial charge in [-0.25, -0.2) is 4.98 Å². The standard InChI is InChI=1S/C14H23N3O/c1-3-15-14-16-11(2)10-13(17-14)18-12-8-6-4-5-7-9-12/h10,12H,3-9H2,1-2H3,(H,15,16,17). The summed E-state index contributed by atoms with van der Waals surface area (Å²) >= 11 is 0. The lowest BCUT2D eigenvalue weighted by molar-refractivity contribution is 0.176. The second-order valence-corrected chi connectivity index (χ2v) is 4.93. The average Bonchev–Trinajstić information content (AvgIpc) is 2.57. The maximum absolute atomic E-state index is 6.01. The fourth-order valence-electron chi connectivity index (χ4n) is 2.37. The van der Waals surface area contributed by atoms with Gasteiger partial charge in [-0.15, -0.1) is 0 Å². The van der Waals surface area contributed by atoms with Gasteiger partial charge in [-0.05, 0) is 39.5 Å². The maximum atomic E-state index is 6.01. The van der Waals surface area contributed by atoms with Gasteiger partial charge in [0.25, 0.3) is 0 Å². The molecule has 0 amide bonds. The summed E-state index contributed by atoms with van der Waals surface area (Å²) in [7, 11) is 0. The van der Waals surface area contributed by atoms with Gasteiger partial charge in [-0.2, -0.15) is 4.98 Å². The number of ether oxygens (including phenoxy) is 1. The summed E-state index contributed by atoms with van der Waals surface area (Å²) in [4.78, 5) is 8.74. The number of nitrogens with zero attached hydrogens (tertiary/aromatic N) is 2. The van der Waals surface area contributed by atoms with Crippen molar-refractivity contribution in [1.82, 2.24) is 9.97 Å². The Morgan fingerprint density at radius 1 is 1.22 bits per heavy atom. The largest absolute Gasteiger partial charge is 0.474 e. The van der Waals surface area contributed by atoms with E-state index in [1.165, 1.54) is 25.7 Å². The van der Waals surface area contributed by atoms with E-state index in [2.05, 4.69) is 15.3 Å². The minimum absolute atomic E-state index is 0.330. The lowest BCUT2D eigenvalue weighted by atomic mass is 10.1. The first-order valence-electron chi connectivity index (χ1n) is 7.04. The van der Waals surface area contributed by atoms with Crippen LogP contribution in [0.5, 0.6) is 5.88 Å². The van der Waals surface area contributed by atoms with Crippen LogP contribution in [0.15, 0.2) is 6.07 Å². The Morgan fingerprint density at radius 2 is 1.94 bits per heavy atom. The van der Waals surface area contributed by atoms with E-state index in [1.54, 1.807) is 0 Å². The van der Waals surface area contributed by atoms with Gasteiger partial charge in [0.15, 0.2) is 0 Å². The highest BCUT2D eigenvalue weighted by atomic mass is 16.5. The predicted molar refractivity (Wildman–Crippen MR) is 73.1 cm³/mol. The summed E-state index contributed by atoms with van der Waals surface area (Å²) in [5, 5.41) is 3.14. The second kappa shape index (κ2) is 6.57. The molecule has 100 valence electrons. The number of hydrogen-bond acceptors (Lipinski definition) is 4. The first-order valence-corrected chi connectivity index (χ1v) is 7.04. The Morgan fingerprint density at radius 3 is 2.61 bits per heavy atom. The highest BCUT2D eigenvalue weighted by molar-refractivity contribution is 5.30. The molecule has 1 aromatic rings. The first kappa shape index (κ1) is 13.1. The van der Waals surface area contributed by atoms with Crippen molar-refractivity contribution in [2.45, 2.75) is 58.5 Å². The summed E-state index contributed by atoms with van der Waals surface area (Å²) in [6.45, 7) is 4.84. The predicted octanol–water partition coefficient (Wildman–Crippen LogP) is 3.32. The third-order valence-electron chi connectivity index (χ3n) is 3.26. The Balaban J connectivity index is 2.02. The third kappa shape index (κ3) is 3.86. The quantitative estimate of drug-likeness (QED) is 0.832. The van der Waals surface area contributed by atoms with Gasteiger partial charge < -0.3 is 10.1 Å². The molecule has 2 rings (SSSR count). The molecule has 0 radical (unpaired) electrons. The molecule has 0 aromatic carbocycles. The van der Waals surface area contributed by atoms with E-state index in [1.807, 2.05) is 19.9 Å². The first-order chi connectivity index (χ1) is 8.78. The lowest BCUT2D eigenvalue weighted by Gasteiger charge is -2.16. The summed E-state index contributed by atoms with van der Waals surface area (Å²) in [5.41, 5.74) is 0.949. The number of rotatable bonds is 4. The van der Waals surface area contributed by atoms with Crippen LogP contribution in [0, 0.1) is 6.92 Å². The molecule has 0 saturated heterocycles. The number of aromatic nitrogens is 2. The Bertz CT molecular complexity index is 373. The monoisotopic (exact) mass is 249 g/mol. The van der Waals surface area contributed by atoms with Crippen molar-refractivity contribution in [3.8, 4) is 5.88 Å². The van der Waals surface area contributed by atoms with Crippen LogP contribution < -0.4 is 10.1 Å². The van der Waals surface area contributed by atoms with E-state index in [-0.39, 0.29) is 0 Å². The van der Waals surface area contributed by atoms with Crippen LogP contribution in [-0.4, -0.2) is 22.6 Å². The van der Waals surface area contributed by atoms with E-state index in [0.29, 0.717) is 17.9 Å². The zero-order chi connectivity index (χ0) is 12.8. The molecular weight excluding hydrogens is 226 g/mol. The van der Waals surface area contributed by atoms with E-state index >= 15 is 0 Å². The van der Waals surface area contributed by atoms with Gasteiger partial charge in [0.05, 0.1) is 0 Å². The van der Waals surface area contributed by atoms with E-state index in [0.717, 1.165) is 25.1 Å². The number of aryl methyl sites for hydroxylation is 1. The molecule has 1 aliphatic rings. The van der Waals surface area contributed by atoms with Crippen LogP contribution in [0.1, 0.15) is 51.1 Å². The van der Waals surface area contributed by atoms with Gasteiger partial charge >= 0.3 is 0 Å². The summed E-state index contributed by atoms with van der Waals surface area (Å²) in [5.74, 6) is 1.38. The SMILES string of the molecule is CCNc1nc(C)cc(OC2CCCCCC2)n1. The van der Waals surface area contributed by atoms with Gasteiger partial charge in [0.1, 0.15) is 6.10 Å². The van der Waals surface area contributed by atoms with E-state index < -0.39 is 0 Å².